The summed E-state index contributed by atoms with van der Waals surface area (Å²) in [7, 11) is -3.94. The van der Waals surface area contributed by atoms with Crippen molar-refractivity contribution in [1.29, 1.82) is 0 Å². The summed E-state index contributed by atoms with van der Waals surface area (Å²) in [5.74, 6) is 0.0434. The van der Waals surface area contributed by atoms with Gasteiger partial charge in [0.1, 0.15) is 5.75 Å². The molecular weight excluding hydrogens is 448 g/mol. The maximum Gasteiger partial charge on any atom is 0.269 e. The van der Waals surface area contributed by atoms with E-state index in [0.717, 1.165) is 23.2 Å². The summed E-state index contributed by atoms with van der Waals surface area (Å²) in [6.45, 7) is 2.29. The van der Waals surface area contributed by atoms with Crippen LogP contribution in [-0.4, -0.2) is 33.5 Å². The second-order valence-corrected chi connectivity index (χ2v) is 10.2. The fourth-order valence-corrected chi connectivity index (χ4v) is 5.79. The molecule has 8 heteroatoms. The second-order valence-electron chi connectivity index (χ2n) is 7.94. The third-order valence-corrected chi connectivity index (χ3v) is 7.86. The van der Waals surface area contributed by atoms with Crippen molar-refractivity contribution < 1.29 is 17.9 Å². The highest BCUT2D eigenvalue weighted by molar-refractivity contribution is 7.92. The minimum Gasteiger partial charge on any atom is -0.476 e. The van der Waals surface area contributed by atoms with E-state index in [-0.39, 0.29) is 17.3 Å². The Morgan fingerprint density at radius 2 is 1.78 bits per heavy atom. The van der Waals surface area contributed by atoms with Crippen molar-refractivity contribution in [2.45, 2.75) is 24.3 Å². The van der Waals surface area contributed by atoms with Crippen LogP contribution in [0.4, 0.5) is 11.4 Å². The first-order valence-corrected chi connectivity index (χ1v) is 12.1. The molecule has 32 heavy (non-hydrogen) atoms. The van der Waals surface area contributed by atoms with Crippen molar-refractivity contribution in [3.63, 3.8) is 0 Å². The average Bonchev–Trinajstić information content (AvgIpc) is 3.22. The molecule has 5 rings (SSSR count). The molecular formula is C24H21ClN2O4S. The summed E-state index contributed by atoms with van der Waals surface area (Å²) in [5.41, 5.74) is 3.21. The molecule has 2 aliphatic rings. The van der Waals surface area contributed by atoms with Gasteiger partial charge in [0.25, 0.3) is 15.9 Å². The molecule has 3 aromatic rings. The molecule has 0 bridgehead atoms. The van der Waals surface area contributed by atoms with Crippen LogP contribution < -0.4 is 13.9 Å². The largest absolute Gasteiger partial charge is 0.476 e. The number of hydrogen-bond donors (Lipinski definition) is 0. The van der Waals surface area contributed by atoms with Crippen molar-refractivity contribution in [3.8, 4) is 5.75 Å². The number of hydrogen-bond acceptors (Lipinski definition) is 4. The number of carbonyl (C=O) groups excluding carboxylic acids is 1. The molecule has 0 N–H and O–H groups in total. The van der Waals surface area contributed by atoms with Gasteiger partial charge in [-0.2, -0.15) is 0 Å². The van der Waals surface area contributed by atoms with Crippen molar-refractivity contribution in [1.82, 2.24) is 0 Å². The van der Waals surface area contributed by atoms with E-state index in [9.17, 15) is 13.2 Å². The fourth-order valence-electron chi connectivity index (χ4n) is 4.16. The van der Waals surface area contributed by atoms with Crippen molar-refractivity contribution in [2.75, 3.05) is 22.3 Å². The lowest BCUT2D eigenvalue weighted by Crippen LogP contribution is -2.51. The van der Waals surface area contributed by atoms with Gasteiger partial charge in [-0.1, -0.05) is 47.5 Å². The van der Waals surface area contributed by atoms with E-state index in [0.29, 0.717) is 23.0 Å². The second kappa shape index (κ2) is 7.83. The minimum absolute atomic E-state index is 0.138. The normalized spacial score (nSPS) is 17.5. The van der Waals surface area contributed by atoms with E-state index >= 15 is 0 Å². The Balaban J connectivity index is 1.54. The Hall–Kier alpha value is -3.03. The van der Waals surface area contributed by atoms with Gasteiger partial charge < -0.3 is 9.64 Å². The molecule has 0 aromatic heterocycles. The van der Waals surface area contributed by atoms with Gasteiger partial charge in [0.05, 0.1) is 17.1 Å². The van der Waals surface area contributed by atoms with Crippen LogP contribution in [0.3, 0.4) is 0 Å². The Labute approximate surface area is 192 Å². The van der Waals surface area contributed by atoms with E-state index in [1.807, 2.05) is 31.2 Å². The van der Waals surface area contributed by atoms with Gasteiger partial charge in [-0.15, -0.1) is 0 Å². The highest BCUT2D eigenvalue weighted by atomic mass is 35.5. The van der Waals surface area contributed by atoms with E-state index in [4.69, 9.17) is 16.3 Å². The number of rotatable bonds is 3. The molecule has 6 nitrogen and oxygen atoms in total. The summed E-state index contributed by atoms with van der Waals surface area (Å²) in [4.78, 5) is 15.3. The number of anilines is 2. The third-order valence-electron chi connectivity index (χ3n) is 5.83. The molecule has 1 atom stereocenters. The standard InChI is InChI=1S/C24H21ClN2O4S/c1-16-6-9-19(10-7-16)32(29,30)27-15-23(31-22-11-8-18(25)14-21(22)27)24(28)26-13-12-17-4-2-3-5-20(17)26/h2-11,14,23H,12-13,15H2,1H3/t23-/m1/s1. The molecule has 0 saturated carbocycles. The lowest BCUT2D eigenvalue weighted by molar-refractivity contribution is -0.125. The number of carbonyl (C=O) groups is 1. The van der Waals surface area contributed by atoms with Gasteiger partial charge in [-0.3, -0.25) is 9.10 Å². The Morgan fingerprint density at radius 1 is 1.03 bits per heavy atom. The zero-order valence-corrected chi connectivity index (χ0v) is 18.9. The van der Waals surface area contributed by atoms with Crippen LogP contribution in [0.25, 0.3) is 0 Å². The third kappa shape index (κ3) is 3.51. The van der Waals surface area contributed by atoms with Crippen LogP contribution >= 0.6 is 11.6 Å². The molecule has 2 heterocycles. The number of para-hydroxylation sites is 1. The van der Waals surface area contributed by atoms with Gasteiger partial charge in [-0.25, -0.2) is 8.42 Å². The predicted octanol–water partition coefficient (Wildman–Crippen LogP) is 4.19. The summed E-state index contributed by atoms with van der Waals surface area (Å²) in [6, 6.07) is 19.1. The zero-order chi connectivity index (χ0) is 22.5. The summed E-state index contributed by atoms with van der Waals surface area (Å²) >= 11 is 6.17. The van der Waals surface area contributed by atoms with Crippen LogP contribution in [-0.2, 0) is 21.2 Å². The molecule has 0 radical (unpaired) electrons. The lowest BCUT2D eigenvalue weighted by atomic mass is 10.1. The number of amides is 1. The van der Waals surface area contributed by atoms with E-state index < -0.39 is 16.1 Å². The molecule has 0 aliphatic carbocycles. The van der Waals surface area contributed by atoms with Crippen LogP contribution in [0.2, 0.25) is 5.02 Å². The quantitative estimate of drug-likeness (QED) is 0.578. The van der Waals surface area contributed by atoms with Crippen LogP contribution in [0.15, 0.2) is 71.6 Å². The molecule has 0 unspecified atom stereocenters. The first-order chi connectivity index (χ1) is 15.3. The average molecular weight is 469 g/mol. The van der Waals surface area contributed by atoms with E-state index in [2.05, 4.69) is 0 Å². The Morgan fingerprint density at radius 3 is 2.56 bits per heavy atom. The van der Waals surface area contributed by atoms with Crippen LogP contribution in [0.1, 0.15) is 11.1 Å². The predicted molar refractivity (Wildman–Crippen MR) is 124 cm³/mol. The molecule has 2 aliphatic heterocycles. The number of nitrogens with zero attached hydrogens (tertiary/aromatic N) is 2. The summed E-state index contributed by atoms with van der Waals surface area (Å²) in [5, 5.41) is 0.384. The smallest absolute Gasteiger partial charge is 0.269 e. The van der Waals surface area contributed by atoms with Gasteiger partial charge in [-0.05, 0) is 55.3 Å². The van der Waals surface area contributed by atoms with Gasteiger partial charge >= 0.3 is 0 Å². The fraction of sp³-hybridized carbons (Fsp3) is 0.208. The Bertz CT molecular complexity index is 1310. The first-order valence-electron chi connectivity index (χ1n) is 10.3. The number of halogens is 1. The Kier molecular flexibility index (Phi) is 5.10. The molecule has 0 saturated heterocycles. The van der Waals surface area contributed by atoms with Gasteiger partial charge in [0.2, 0.25) is 0 Å². The lowest BCUT2D eigenvalue weighted by Gasteiger charge is -2.36. The number of benzene rings is 3. The highest BCUT2D eigenvalue weighted by Crippen LogP contribution is 2.40. The van der Waals surface area contributed by atoms with Crippen molar-refractivity contribution in [2.24, 2.45) is 0 Å². The van der Waals surface area contributed by atoms with Crippen molar-refractivity contribution in [3.05, 3.63) is 82.9 Å². The monoisotopic (exact) mass is 468 g/mol. The molecule has 164 valence electrons. The molecule has 3 aromatic carbocycles. The maximum absolute atomic E-state index is 13.6. The van der Waals surface area contributed by atoms with Crippen LogP contribution in [0, 0.1) is 6.92 Å². The summed E-state index contributed by atoms with van der Waals surface area (Å²) < 4.78 is 34.4. The first kappa shape index (κ1) is 20.8. The number of ether oxygens (including phenoxy) is 1. The summed E-state index contributed by atoms with van der Waals surface area (Å²) in [6.07, 6.45) is -0.221. The maximum atomic E-state index is 13.6. The number of sulfonamides is 1. The highest BCUT2D eigenvalue weighted by Gasteiger charge is 2.40. The minimum atomic E-state index is -3.94. The SMILES string of the molecule is Cc1ccc(S(=O)(=O)N2C[C@H](C(=O)N3CCc4ccccc43)Oc3ccc(Cl)cc32)cc1. The number of aryl methyl sites for hydroxylation is 1. The molecule has 0 fully saturated rings. The van der Waals surface area contributed by atoms with Crippen molar-refractivity contribution >= 4 is 38.9 Å². The molecule has 1 amide bonds. The van der Waals surface area contributed by atoms with Gasteiger partial charge in [0, 0.05) is 17.3 Å². The van der Waals surface area contributed by atoms with Crippen LogP contribution in [0.5, 0.6) is 5.75 Å². The molecule has 0 spiro atoms. The van der Waals surface area contributed by atoms with E-state index in [1.165, 1.54) is 4.31 Å². The zero-order valence-electron chi connectivity index (χ0n) is 17.4. The van der Waals surface area contributed by atoms with Gasteiger partial charge in [0.15, 0.2) is 6.10 Å². The number of fused-ring (bicyclic) bond motifs is 2. The topological polar surface area (TPSA) is 66.9 Å². The van der Waals surface area contributed by atoms with E-state index in [1.54, 1.807) is 47.4 Å².